The van der Waals surface area contributed by atoms with Crippen LogP contribution in [0.15, 0.2) is 42.5 Å². The van der Waals surface area contributed by atoms with Gasteiger partial charge in [-0.1, -0.05) is 0 Å². The minimum absolute atomic E-state index is 0. The maximum Gasteiger partial charge on any atom is -1.00 e. The first-order chi connectivity index (χ1) is 10.00. The average molecular weight is 384 g/mol. The van der Waals surface area contributed by atoms with Crippen LogP contribution in [0.3, 0.4) is 0 Å². The molecule has 2 aliphatic carbocycles. The Morgan fingerprint density at radius 1 is 0.818 bits per heavy atom. The third kappa shape index (κ3) is 4.24. The van der Waals surface area contributed by atoms with E-state index in [9.17, 15) is 0 Å². The molecule has 123 valence electrons. The van der Waals surface area contributed by atoms with Crippen LogP contribution in [0.2, 0.25) is 52.4 Å². The monoisotopic (exact) mass is 383 g/mol. The molecule has 0 aliphatic heterocycles. The zero-order valence-corrected chi connectivity index (χ0v) is 20.5. The van der Waals surface area contributed by atoms with Crippen molar-refractivity contribution in [3.8, 4) is 0 Å². The van der Waals surface area contributed by atoms with Gasteiger partial charge in [-0.05, 0) is 0 Å². The molecule has 0 atom stereocenters. The summed E-state index contributed by atoms with van der Waals surface area (Å²) < 4.78 is 3.80. The van der Waals surface area contributed by atoms with Gasteiger partial charge in [-0.25, -0.2) is 0 Å². The van der Waals surface area contributed by atoms with Gasteiger partial charge in [0.1, 0.15) is 0 Å². The van der Waals surface area contributed by atoms with Gasteiger partial charge in [0, 0.05) is 0 Å². The molecule has 0 nitrogen and oxygen atoms in total. The predicted octanol–water partition coefficient (Wildman–Crippen LogP) is 6.00. The standard InChI is InChI=1S/2C8H13Si.C2H7Si.Ti.2H/c2*1-9(2,3)8-6-4-5-7-8;1-3-2;;;/h2*6-7H,4H2,1-3H3;3H,1-2H3;;;/q;;;+2;2*-1. The van der Waals surface area contributed by atoms with Crippen LogP contribution in [0.4, 0.5) is 0 Å². The van der Waals surface area contributed by atoms with Gasteiger partial charge < -0.3 is 2.85 Å². The van der Waals surface area contributed by atoms with Crippen LogP contribution >= 0.6 is 0 Å². The second-order valence-corrected chi connectivity index (χ2v) is 32.7. The molecule has 0 aromatic heterocycles. The summed E-state index contributed by atoms with van der Waals surface area (Å²) in [5.41, 5.74) is 0. The Morgan fingerprint density at radius 3 is 1.41 bits per heavy atom. The Morgan fingerprint density at radius 2 is 1.18 bits per heavy atom. The van der Waals surface area contributed by atoms with E-state index in [4.69, 9.17) is 0 Å². The summed E-state index contributed by atoms with van der Waals surface area (Å²) in [7, 11) is -2.26. The van der Waals surface area contributed by atoms with E-state index in [1.807, 2.05) is 7.76 Å². The third-order valence-corrected chi connectivity index (χ3v) is 21.8. The molecule has 0 fully saturated rings. The number of hydrogen-bond acceptors (Lipinski definition) is 0. The van der Waals surface area contributed by atoms with Gasteiger partial charge in [-0.15, -0.1) is 0 Å². The van der Waals surface area contributed by atoms with Crippen LogP contribution in [0.1, 0.15) is 15.7 Å². The van der Waals surface area contributed by atoms with E-state index >= 15 is 0 Å². The normalized spacial score (nSPS) is 19.1. The zero-order valence-electron chi connectivity index (χ0n) is 17.8. The molecular weight excluding hydrogens is 348 g/mol. The van der Waals surface area contributed by atoms with Crippen molar-refractivity contribution in [3.63, 3.8) is 0 Å². The number of rotatable bonds is 5. The fourth-order valence-electron chi connectivity index (χ4n) is 3.42. The van der Waals surface area contributed by atoms with Crippen molar-refractivity contribution in [2.75, 3.05) is 0 Å². The van der Waals surface area contributed by atoms with E-state index in [1.165, 1.54) is 12.8 Å². The Hall–Kier alpha value is 0.325. The topological polar surface area (TPSA) is 0 Å². The van der Waals surface area contributed by atoms with Crippen LogP contribution in [0, 0.1) is 0 Å². The quantitative estimate of drug-likeness (QED) is 0.511. The molecule has 0 bridgehead atoms. The summed E-state index contributed by atoms with van der Waals surface area (Å²) in [4.78, 5) is 0. The fraction of sp³-hybridized carbons (Fsp3) is 0.556. The maximum atomic E-state index is 2.67. The minimum Gasteiger partial charge on any atom is -1.00 e. The first-order valence-electron chi connectivity index (χ1n) is 8.70. The summed E-state index contributed by atoms with van der Waals surface area (Å²) in [6.45, 7) is 19.6. The molecule has 2 aliphatic rings. The van der Waals surface area contributed by atoms with Gasteiger partial charge in [0.2, 0.25) is 0 Å². The van der Waals surface area contributed by atoms with Crippen LogP contribution < -0.4 is 0 Å². The average Bonchev–Trinajstić information content (AvgIpc) is 2.95. The third-order valence-electron chi connectivity index (χ3n) is 4.74. The minimum atomic E-state index is -1.15. The second-order valence-electron chi connectivity index (χ2n) is 9.13. The van der Waals surface area contributed by atoms with Gasteiger partial charge in [-0.2, -0.15) is 0 Å². The van der Waals surface area contributed by atoms with E-state index in [2.05, 4.69) is 76.7 Å². The summed E-state index contributed by atoms with van der Waals surface area (Å²) in [5.74, 6) is 0. The molecule has 0 radical (unpaired) electrons. The number of hydrogen-bond donors (Lipinski definition) is 0. The van der Waals surface area contributed by atoms with Gasteiger partial charge in [0.15, 0.2) is 0 Å². The molecule has 0 spiro atoms. The zero-order chi connectivity index (χ0) is 16.7. The molecule has 0 aromatic carbocycles. The largest absolute Gasteiger partial charge is 1.00 e. The molecule has 0 saturated heterocycles. The van der Waals surface area contributed by atoms with Gasteiger partial charge in [0.05, 0.1) is 0 Å². The van der Waals surface area contributed by atoms with Gasteiger partial charge in [0.25, 0.3) is 0 Å². The smallest absolute Gasteiger partial charge is 1.00 e. The summed E-state index contributed by atoms with van der Waals surface area (Å²) in [5, 5.41) is 3.44. The molecule has 0 amide bonds. The van der Waals surface area contributed by atoms with E-state index < -0.39 is 39.9 Å². The Bertz CT molecular complexity index is 528. The van der Waals surface area contributed by atoms with Crippen LogP contribution in [0.5, 0.6) is 0 Å². The summed E-state index contributed by atoms with van der Waals surface area (Å²) in [6.07, 6.45) is 13.1. The maximum absolute atomic E-state index is 2.67. The predicted molar refractivity (Wildman–Crippen MR) is 109 cm³/mol. The molecule has 0 unspecified atom stereocenters. The van der Waals surface area contributed by atoms with Crippen LogP contribution in [-0.2, 0) is 17.1 Å². The molecule has 0 heterocycles. The Labute approximate surface area is 150 Å². The van der Waals surface area contributed by atoms with Crippen molar-refractivity contribution in [2.24, 2.45) is 0 Å². The van der Waals surface area contributed by atoms with Crippen molar-refractivity contribution in [2.45, 2.75) is 65.2 Å². The van der Waals surface area contributed by atoms with E-state index in [0.717, 1.165) is 0 Å². The Balaban J connectivity index is 0.00000264. The molecule has 2 rings (SSSR count). The first-order valence-corrected chi connectivity index (χ1v) is 22.9. The molecule has 0 aromatic rings. The molecule has 0 saturated carbocycles. The van der Waals surface area contributed by atoms with E-state index in [0.29, 0.717) is 0 Å². The Kier molecular flexibility index (Phi) is 5.66. The molecule has 0 N–H and O–H groups in total. The van der Waals surface area contributed by atoms with Gasteiger partial charge >= 0.3 is 148 Å². The first kappa shape index (κ1) is 18.7. The van der Waals surface area contributed by atoms with Crippen molar-refractivity contribution in [3.05, 3.63) is 42.5 Å². The molecule has 4 heteroatoms. The molecular formula is C18H35Si3Ti. The van der Waals surface area contributed by atoms with Crippen LogP contribution in [-0.4, -0.2) is 22.8 Å². The summed E-state index contributed by atoms with van der Waals surface area (Å²) >= 11 is -1.15. The van der Waals surface area contributed by atoms with E-state index in [-0.39, 0.29) is 2.85 Å². The fourth-order valence-corrected chi connectivity index (χ4v) is 19.2. The summed E-state index contributed by atoms with van der Waals surface area (Å²) in [6, 6.07) is 0. The second kappa shape index (κ2) is 6.68. The van der Waals surface area contributed by atoms with Crippen molar-refractivity contribution >= 4 is 22.8 Å². The van der Waals surface area contributed by atoms with Crippen LogP contribution in [0.25, 0.3) is 0 Å². The van der Waals surface area contributed by atoms with Crippen molar-refractivity contribution in [1.82, 2.24) is 0 Å². The van der Waals surface area contributed by atoms with E-state index in [1.54, 1.807) is 10.4 Å². The van der Waals surface area contributed by atoms with Crippen molar-refractivity contribution in [1.29, 1.82) is 0 Å². The number of allylic oxidation sites excluding steroid dienone is 8. The van der Waals surface area contributed by atoms with Crippen molar-refractivity contribution < 1.29 is 20.0 Å². The molecule has 22 heavy (non-hydrogen) atoms. The SMILES string of the molecule is C[SiH](C)[Ti+2]([C]1=CC([Si](C)(C)C)=CC1)[C]1=CC([Si](C)(C)C)=CC1.[H-].[H-]. The van der Waals surface area contributed by atoms with Gasteiger partial charge in [-0.3, -0.25) is 0 Å².